The van der Waals surface area contributed by atoms with Gasteiger partial charge in [-0.1, -0.05) is 19.6 Å². The molecule has 0 bridgehead atoms. The van der Waals surface area contributed by atoms with E-state index in [1.54, 1.807) is 0 Å². The van der Waals surface area contributed by atoms with E-state index in [4.69, 9.17) is 4.74 Å². The number of rotatable bonds is 5. The van der Waals surface area contributed by atoms with Gasteiger partial charge in [-0.2, -0.15) is 0 Å². The van der Waals surface area contributed by atoms with Gasteiger partial charge < -0.3 is 4.74 Å². The molecular formula is C10H19BrN2OSi. The van der Waals surface area contributed by atoms with Crippen LogP contribution in [0.1, 0.15) is 5.69 Å². The minimum atomic E-state index is -0.968. The highest BCUT2D eigenvalue weighted by atomic mass is 79.9. The van der Waals surface area contributed by atoms with Gasteiger partial charge in [0, 0.05) is 26.6 Å². The predicted octanol–water partition coefficient (Wildman–Crippen LogP) is 3.27. The van der Waals surface area contributed by atoms with E-state index >= 15 is 0 Å². The Morgan fingerprint density at radius 3 is 2.60 bits per heavy atom. The van der Waals surface area contributed by atoms with Crippen LogP contribution >= 0.6 is 15.9 Å². The van der Waals surface area contributed by atoms with Crippen molar-refractivity contribution in [3.05, 3.63) is 16.6 Å². The molecule has 0 aliphatic carbocycles. The predicted molar refractivity (Wildman–Crippen MR) is 68.8 cm³/mol. The molecule has 0 N–H and O–H groups in total. The molecule has 0 aromatic carbocycles. The van der Waals surface area contributed by atoms with E-state index in [1.165, 1.54) is 6.04 Å². The molecule has 0 aliphatic rings. The number of halogens is 1. The van der Waals surface area contributed by atoms with E-state index in [1.807, 2.05) is 17.7 Å². The van der Waals surface area contributed by atoms with Crippen LogP contribution in [0.2, 0.25) is 25.7 Å². The summed E-state index contributed by atoms with van der Waals surface area (Å²) in [6.45, 7) is 10.5. The molecule has 0 spiro atoms. The van der Waals surface area contributed by atoms with Crippen LogP contribution in [0.15, 0.2) is 10.9 Å². The number of hydrogen-bond acceptors (Lipinski definition) is 2. The van der Waals surface area contributed by atoms with Gasteiger partial charge in [-0.3, -0.25) is 4.57 Å². The first kappa shape index (κ1) is 12.9. The number of aryl methyl sites for hydroxylation is 1. The SMILES string of the molecule is Cc1cnc(Br)n1COCC[Si](C)(C)C. The van der Waals surface area contributed by atoms with Gasteiger partial charge in [0.05, 0.1) is 0 Å². The zero-order valence-corrected chi connectivity index (χ0v) is 12.5. The Kier molecular flexibility index (Phi) is 4.55. The fourth-order valence-corrected chi connectivity index (χ4v) is 2.36. The van der Waals surface area contributed by atoms with Gasteiger partial charge in [-0.25, -0.2) is 4.98 Å². The summed E-state index contributed by atoms with van der Waals surface area (Å²) in [5.74, 6) is 0. The highest BCUT2D eigenvalue weighted by Gasteiger charge is 2.12. The third kappa shape index (κ3) is 4.48. The van der Waals surface area contributed by atoms with Crippen LogP contribution in [0.3, 0.4) is 0 Å². The summed E-state index contributed by atoms with van der Waals surface area (Å²) in [7, 11) is -0.968. The summed E-state index contributed by atoms with van der Waals surface area (Å²) < 4.78 is 8.50. The molecule has 0 aliphatic heterocycles. The molecule has 0 radical (unpaired) electrons. The first-order valence-electron chi connectivity index (χ1n) is 5.15. The lowest BCUT2D eigenvalue weighted by Crippen LogP contribution is -2.22. The fourth-order valence-electron chi connectivity index (χ4n) is 1.12. The summed E-state index contributed by atoms with van der Waals surface area (Å²) in [4.78, 5) is 4.15. The topological polar surface area (TPSA) is 27.1 Å². The molecule has 1 heterocycles. The Morgan fingerprint density at radius 2 is 2.13 bits per heavy atom. The van der Waals surface area contributed by atoms with Gasteiger partial charge in [-0.15, -0.1) is 0 Å². The van der Waals surface area contributed by atoms with E-state index in [9.17, 15) is 0 Å². The fraction of sp³-hybridized carbons (Fsp3) is 0.700. The van der Waals surface area contributed by atoms with Crippen molar-refractivity contribution in [3.63, 3.8) is 0 Å². The number of aromatic nitrogens is 2. The van der Waals surface area contributed by atoms with Crippen molar-refractivity contribution in [1.82, 2.24) is 9.55 Å². The normalized spacial score (nSPS) is 12.1. The van der Waals surface area contributed by atoms with Crippen molar-refractivity contribution >= 4 is 24.0 Å². The molecule has 15 heavy (non-hydrogen) atoms. The average molecular weight is 291 g/mol. The summed E-state index contributed by atoms with van der Waals surface area (Å²) in [5, 5.41) is 0. The maximum absolute atomic E-state index is 5.64. The van der Waals surface area contributed by atoms with Gasteiger partial charge in [0.15, 0.2) is 4.73 Å². The lowest BCUT2D eigenvalue weighted by molar-refractivity contribution is 0.0843. The Morgan fingerprint density at radius 1 is 1.47 bits per heavy atom. The highest BCUT2D eigenvalue weighted by molar-refractivity contribution is 9.10. The van der Waals surface area contributed by atoms with Crippen LogP contribution in [-0.4, -0.2) is 24.2 Å². The van der Waals surface area contributed by atoms with Crippen LogP contribution in [-0.2, 0) is 11.5 Å². The van der Waals surface area contributed by atoms with Crippen LogP contribution in [0.5, 0.6) is 0 Å². The zero-order valence-electron chi connectivity index (χ0n) is 9.88. The second kappa shape index (κ2) is 5.27. The number of hydrogen-bond donors (Lipinski definition) is 0. The molecule has 0 amide bonds. The maximum Gasteiger partial charge on any atom is 0.179 e. The van der Waals surface area contributed by atoms with E-state index in [2.05, 4.69) is 40.6 Å². The van der Waals surface area contributed by atoms with Gasteiger partial charge in [0.2, 0.25) is 0 Å². The second-order valence-corrected chi connectivity index (χ2v) is 11.3. The molecule has 0 saturated heterocycles. The number of nitrogens with zero attached hydrogens (tertiary/aromatic N) is 2. The summed E-state index contributed by atoms with van der Waals surface area (Å²) in [5.41, 5.74) is 1.12. The molecule has 0 saturated carbocycles. The van der Waals surface area contributed by atoms with Crippen molar-refractivity contribution in [2.24, 2.45) is 0 Å². The van der Waals surface area contributed by atoms with E-state index in [-0.39, 0.29) is 0 Å². The second-order valence-electron chi connectivity index (χ2n) is 4.94. The first-order chi connectivity index (χ1) is 6.90. The Balaban J connectivity index is 2.32. The third-order valence-corrected chi connectivity index (χ3v) is 4.56. The van der Waals surface area contributed by atoms with Crippen molar-refractivity contribution in [3.8, 4) is 0 Å². The molecule has 3 nitrogen and oxygen atoms in total. The molecule has 0 unspecified atom stereocenters. The first-order valence-corrected chi connectivity index (χ1v) is 9.65. The Labute approximate surface area is 101 Å². The highest BCUT2D eigenvalue weighted by Crippen LogP contribution is 2.12. The monoisotopic (exact) mass is 290 g/mol. The Hall–Kier alpha value is -0.133. The minimum absolute atomic E-state index is 0.594. The molecule has 0 atom stereocenters. The third-order valence-electron chi connectivity index (χ3n) is 2.22. The van der Waals surface area contributed by atoms with E-state index in [0.29, 0.717) is 6.73 Å². The quantitative estimate of drug-likeness (QED) is 0.615. The molecule has 0 fully saturated rings. The molecule has 1 aromatic heterocycles. The average Bonchev–Trinajstić information content (AvgIpc) is 2.40. The molecule has 1 aromatic rings. The number of ether oxygens (including phenoxy) is 1. The van der Waals surface area contributed by atoms with Crippen molar-refractivity contribution in [2.75, 3.05) is 6.61 Å². The van der Waals surface area contributed by atoms with Crippen molar-refractivity contribution in [1.29, 1.82) is 0 Å². The molecule has 86 valence electrons. The van der Waals surface area contributed by atoms with Gasteiger partial charge >= 0.3 is 0 Å². The largest absolute Gasteiger partial charge is 0.361 e. The number of imidazole rings is 1. The van der Waals surface area contributed by atoms with Gasteiger partial charge in [0.1, 0.15) is 6.73 Å². The minimum Gasteiger partial charge on any atom is -0.361 e. The smallest absolute Gasteiger partial charge is 0.179 e. The Bertz CT molecular complexity index is 300. The lowest BCUT2D eigenvalue weighted by Gasteiger charge is -2.16. The standard InChI is InChI=1S/C10H19BrN2OSi/c1-9-7-12-10(11)13(9)8-14-5-6-15(2,3)4/h7H,5-6,8H2,1-4H3. The van der Waals surface area contributed by atoms with Gasteiger partial charge in [0.25, 0.3) is 0 Å². The maximum atomic E-state index is 5.64. The van der Waals surface area contributed by atoms with Crippen molar-refractivity contribution < 1.29 is 4.74 Å². The zero-order chi connectivity index (χ0) is 11.5. The molecule has 1 rings (SSSR count). The van der Waals surface area contributed by atoms with Crippen LogP contribution in [0.4, 0.5) is 0 Å². The van der Waals surface area contributed by atoms with Crippen LogP contribution in [0.25, 0.3) is 0 Å². The van der Waals surface area contributed by atoms with Crippen LogP contribution < -0.4 is 0 Å². The molecular weight excluding hydrogens is 272 g/mol. The van der Waals surface area contributed by atoms with E-state index in [0.717, 1.165) is 17.0 Å². The lowest BCUT2D eigenvalue weighted by atomic mass is 10.5. The molecule has 5 heteroatoms. The van der Waals surface area contributed by atoms with Crippen LogP contribution in [0, 0.1) is 6.92 Å². The van der Waals surface area contributed by atoms with Crippen molar-refractivity contribution in [2.45, 2.75) is 39.3 Å². The van der Waals surface area contributed by atoms with Gasteiger partial charge in [-0.05, 0) is 28.9 Å². The summed E-state index contributed by atoms with van der Waals surface area (Å²) in [6.07, 6.45) is 1.84. The summed E-state index contributed by atoms with van der Waals surface area (Å²) in [6, 6.07) is 1.21. The summed E-state index contributed by atoms with van der Waals surface area (Å²) >= 11 is 3.39. The van der Waals surface area contributed by atoms with E-state index < -0.39 is 8.07 Å².